The fraction of sp³-hybridized carbons (Fsp3) is 0.389. The fourth-order valence-corrected chi connectivity index (χ4v) is 3.10. The van der Waals surface area contributed by atoms with Gasteiger partial charge in [0, 0.05) is 32.4 Å². The Hall–Kier alpha value is -2.97. The quantitative estimate of drug-likeness (QED) is 0.867. The summed E-state index contributed by atoms with van der Waals surface area (Å²) < 4.78 is 31.2. The first-order valence-electron chi connectivity index (χ1n) is 8.57. The number of carbonyl (C=O) groups excluding carboxylic acids is 2. The van der Waals surface area contributed by atoms with Crippen molar-refractivity contribution in [1.82, 2.24) is 14.7 Å². The van der Waals surface area contributed by atoms with Crippen LogP contribution in [0.15, 0.2) is 36.5 Å². The number of rotatable bonds is 5. The number of hydrogen-bond acceptors (Lipinski definition) is 4. The fourth-order valence-electron chi connectivity index (χ4n) is 3.10. The van der Waals surface area contributed by atoms with Crippen LogP contribution in [0.2, 0.25) is 0 Å². The zero-order valence-corrected chi connectivity index (χ0v) is 14.8. The number of benzene rings is 1. The number of piperidine rings is 1. The van der Waals surface area contributed by atoms with Gasteiger partial charge in [0.25, 0.3) is 5.91 Å². The SMILES string of the molecule is Cn1ccc(NC(=O)C2CCCN(C(=O)c3ccccc3OC(F)F)C2)n1. The molecule has 1 aromatic heterocycles. The Kier molecular flexibility index (Phi) is 5.68. The molecule has 1 saturated heterocycles. The van der Waals surface area contributed by atoms with Crippen LogP contribution in [-0.4, -0.2) is 46.2 Å². The van der Waals surface area contributed by atoms with Crippen LogP contribution in [0.3, 0.4) is 0 Å². The Balaban J connectivity index is 1.69. The van der Waals surface area contributed by atoms with Crippen LogP contribution in [0.5, 0.6) is 5.75 Å². The molecule has 2 amide bonds. The molecule has 1 aliphatic heterocycles. The highest BCUT2D eigenvalue weighted by Crippen LogP contribution is 2.25. The van der Waals surface area contributed by atoms with Crippen LogP contribution in [0.1, 0.15) is 23.2 Å². The number of ether oxygens (including phenoxy) is 1. The third-order valence-electron chi connectivity index (χ3n) is 4.38. The van der Waals surface area contributed by atoms with E-state index in [0.717, 1.165) is 0 Å². The van der Waals surface area contributed by atoms with E-state index in [1.165, 1.54) is 23.1 Å². The summed E-state index contributed by atoms with van der Waals surface area (Å²) in [4.78, 5) is 26.8. The maximum atomic E-state index is 12.8. The number of aryl methyl sites for hydroxylation is 1. The number of amides is 2. The molecule has 1 aliphatic rings. The summed E-state index contributed by atoms with van der Waals surface area (Å²) in [6.07, 6.45) is 2.99. The second-order valence-electron chi connectivity index (χ2n) is 6.33. The molecule has 1 unspecified atom stereocenters. The number of anilines is 1. The van der Waals surface area contributed by atoms with Gasteiger partial charge in [0.15, 0.2) is 5.82 Å². The van der Waals surface area contributed by atoms with Crippen molar-refractivity contribution in [2.45, 2.75) is 19.5 Å². The highest BCUT2D eigenvalue weighted by Gasteiger charge is 2.30. The highest BCUT2D eigenvalue weighted by molar-refractivity contribution is 5.98. The van der Waals surface area contributed by atoms with Gasteiger partial charge in [-0.25, -0.2) is 0 Å². The number of halogens is 2. The molecule has 1 fully saturated rings. The summed E-state index contributed by atoms with van der Waals surface area (Å²) in [5.41, 5.74) is 0.0589. The molecule has 3 rings (SSSR count). The summed E-state index contributed by atoms with van der Waals surface area (Å²) in [6, 6.07) is 7.56. The third-order valence-corrected chi connectivity index (χ3v) is 4.38. The van der Waals surface area contributed by atoms with Gasteiger partial charge in [-0.15, -0.1) is 0 Å². The van der Waals surface area contributed by atoms with Crippen molar-refractivity contribution in [2.24, 2.45) is 13.0 Å². The van der Waals surface area contributed by atoms with E-state index in [9.17, 15) is 18.4 Å². The van der Waals surface area contributed by atoms with Crippen LogP contribution in [0, 0.1) is 5.92 Å². The minimum Gasteiger partial charge on any atom is -0.434 e. The maximum Gasteiger partial charge on any atom is 0.387 e. The molecular formula is C18H20F2N4O3. The lowest BCUT2D eigenvalue weighted by Crippen LogP contribution is -2.44. The number of alkyl halides is 2. The number of nitrogens with one attached hydrogen (secondary N) is 1. The Labute approximate surface area is 154 Å². The number of para-hydroxylation sites is 1. The number of carbonyl (C=O) groups is 2. The summed E-state index contributed by atoms with van der Waals surface area (Å²) in [6.45, 7) is -2.35. The van der Waals surface area contributed by atoms with Gasteiger partial charge in [-0.05, 0) is 25.0 Å². The third kappa shape index (κ3) is 4.60. The average molecular weight is 378 g/mol. The van der Waals surface area contributed by atoms with Crippen molar-refractivity contribution in [2.75, 3.05) is 18.4 Å². The van der Waals surface area contributed by atoms with Crippen LogP contribution < -0.4 is 10.1 Å². The van der Waals surface area contributed by atoms with E-state index in [0.29, 0.717) is 25.2 Å². The lowest BCUT2D eigenvalue weighted by molar-refractivity contribution is -0.121. The molecule has 1 N–H and O–H groups in total. The number of hydrogen-bond donors (Lipinski definition) is 1. The van der Waals surface area contributed by atoms with Crippen LogP contribution in [0.25, 0.3) is 0 Å². The Morgan fingerprint density at radius 2 is 2.07 bits per heavy atom. The Morgan fingerprint density at radius 1 is 1.30 bits per heavy atom. The molecule has 9 heteroatoms. The lowest BCUT2D eigenvalue weighted by Gasteiger charge is -2.32. The number of nitrogens with zero attached hydrogens (tertiary/aromatic N) is 3. The minimum absolute atomic E-state index is 0.0589. The molecule has 0 radical (unpaired) electrons. The second kappa shape index (κ2) is 8.15. The first kappa shape index (κ1) is 18.8. The minimum atomic E-state index is -3.02. The average Bonchev–Trinajstić information content (AvgIpc) is 3.06. The van der Waals surface area contributed by atoms with E-state index in [-0.39, 0.29) is 23.8 Å². The van der Waals surface area contributed by atoms with Crippen molar-refractivity contribution < 1.29 is 23.1 Å². The van der Waals surface area contributed by atoms with Crippen molar-refractivity contribution in [3.8, 4) is 5.75 Å². The van der Waals surface area contributed by atoms with Gasteiger partial charge in [0.05, 0.1) is 11.5 Å². The van der Waals surface area contributed by atoms with Crippen LogP contribution in [-0.2, 0) is 11.8 Å². The van der Waals surface area contributed by atoms with E-state index in [4.69, 9.17) is 0 Å². The predicted molar refractivity (Wildman–Crippen MR) is 93.5 cm³/mol. The van der Waals surface area contributed by atoms with Gasteiger partial charge < -0.3 is 15.0 Å². The van der Waals surface area contributed by atoms with Crippen molar-refractivity contribution >= 4 is 17.6 Å². The van der Waals surface area contributed by atoms with Crippen LogP contribution >= 0.6 is 0 Å². The van der Waals surface area contributed by atoms with Gasteiger partial charge in [-0.2, -0.15) is 13.9 Å². The van der Waals surface area contributed by atoms with Crippen molar-refractivity contribution in [3.63, 3.8) is 0 Å². The molecule has 2 aromatic rings. The summed E-state index contributed by atoms with van der Waals surface area (Å²) in [5.74, 6) is -0.767. The van der Waals surface area contributed by atoms with E-state index < -0.39 is 18.4 Å². The van der Waals surface area contributed by atoms with Crippen LogP contribution in [0.4, 0.5) is 14.6 Å². The predicted octanol–water partition coefficient (Wildman–Crippen LogP) is 2.51. The normalized spacial score (nSPS) is 17.0. The standard InChI is InChI=1S/C18H20F2N4O3/c1-23-10-8-15(22-23)21-16(25)12-5-4-9-24(11-12)17(26)13-6-2-3-7-14(13)27-18(19)20/h2-3,6-8,10,12,18H,4-5,9,11H2,1H3,(H,21,22,25). The molecule has 1 atom stereocenters. The largest absolute Gasteiger partial charge is 0.434 e. The molecular weight excluding hydrogens is 358 g/mol. The van der Waals surface area contributed by atoms with Crippen molar-refractivity contribution in [1.29, 1.82) is 0 Å². The van der Waals surface area contributed by atoms with E-state index in [1.807, 2.05) is 0 Å². The molecule has 1 aromatic carbocycles. The highest BCUT2D eigenvalue weighted by atomic mass is 19.3. The smallest absolute Gasteiger partial charge is 0.387 e. The molecule has 27 heavy (non-hydrogen) atoms. The topological polar surface area (TPSA) is 76.5 Å². The molecule has 144 valence electrons. The van der Waals surface area contributed by atoms with Gasteiger partial charge in [-0.3, -0.25) is 14.3 Å². The summed E-state index contributed by atoms with van der Waals surface area (Å²) >= 11 is 0. The van der Waals surface area contributed by atoms with Gasteiger partial charge in [0.2, 0.25) is 5.91 Å². The number of aromatic nitrogens is 2. The second-order valence-corrected chi connectivity index (χ2v) is 6.33. The molecule has 0 aliphatic carbocycles. The maximum absolute atomic E-state index is 12.8. The Bertz CT molecular complexity index is 824. The van der Waals surface area contributed by atoms with Crippen molar-refractivity contribution in [3.05, 3.63) is 42.1 Å². The van der Waals surface area contributed by atoms with Gasteiger partial charge >= 0.3 is 6.61 Å². The summed E-state index contributed by atoms with van der Waals surface area (Å²) in [5, 5.41) is 6.84. The first-order chi connectivity index (χ1) is 12.9. The molecule has 2 heterocycles. The zero-order valence-electron chi connectivity index (χ0n) is 14.8. The Morgan fingerprint density at radius 3 is 2.78 bits per heavy atom. The van der Waals surface area contributed by atoms with E-state index in [1.54, 1.807) is 30.1 Å². The van der Waals surface area contributed by atoms with Gasteiger partial charge in [0.1, 0.15) is 5.75 Å². The molecule has 0 spiro atoms. The summed E-state index contributed by atoms with van der Waals surface area (Å²) in [7, 11) is 1.75. The van der Waals surface area contributed by atoms with E-state index in [2.05, 4.69) is 15.2 Å². The van der Waals surface area contributed by atoms with E-state index >= 15 is 0 Å². The molecule has 0 bridgehead atoms. The lowest BCUT2D eigenvalue weighted by atomic mass is 9.96. The molecule has 0 saturated carbocycles. The monoisotopic (exact) mass is 378 g/mol. The van der Waals surface area contributed by atoms with Gasteiger partial charge in [-0.1, -0.05) is 12.1 Å². The number of likely N-dealkylation sites (tertiary alicyclic amines) is 1. The zero-order chi connectivity index (χ0) is 19.4. The molecule has 7 nitrogen and oxygen atoms in total. The first-order valence-corrected chi connectivity index (χ1v) is 8.57.